The summed E-state index contributed by atoms with van der Waals surface area (Å²) >= 11 is 0. The highest BCUT2D eigenvalue weighted by molar-refractivity contribution is 6.03. The van der Waals surface area contributed by atoms with Gasteiger partial charge in [0.15, 0.2) is 5.78 Å². The van der Waals surface area contributed by atoms with Gasteiger partial charge in [-0.15, -0.1) is 0 Å². The van der Waals surface area contributed by atoms with Crippen LogP contribution in [0.5, 0.6) is 0 Å². The summed E-state index contributed by atoms with van der Waals surface area (Å²) in [6, 6.07) is 13.3. The van der Waals surface area contributed by atoms with Gasteiger partial charge in [-0.05, 0) is 22.8 Å². The zero-order chi connectivity index (χ0) is 12.4. The summed E-state index contributed by atoms with van der Waals surface area (Å²) in [4.78, 5) is 12.1. The fraction of sp³-hybridized carbons (Fsp3) is 0.267. The Kier molecular flexibility index (Phi) is 3.25. The van der Waals surface area contributed by atoms with E-state index in [0.717, 1.165) is 10.8 Å². The molecular weight excluding hydrogens is 210 g/mol. The summed E-state index contributed by atoms with van der Waals surface area (Å²) in [5.41, 5.74) is 6.59. The van der Waals surface area contributed by atoms with Crippen molar-refractivity contribution in [3.63, 3.8) is 0 Å². The van der Waals surface area contributed by atoms with Gasteiger partial charge in [0.1, 0.15) is 0 Å². The Bertz CT molecular complexity index is 545. The van der Waals surface area contributed by atoms with E-state index in [-0.39, 0.29) is 11.7 Å². The number of carbonyl (C=O) groups is 1. The Balaban J connectivity index is 2.40. The highest BCUT2D eigenvalue weighted by Gasteiger charge is 2.18. The molecule has 0 spiro atoms. The summed E-state index contributed by atoms with van der Waals surface area (Å²) in [5.74, 6) is 0.180. The number of fused-ring (bicyclic) bond motifs is 1. The first kappa shape index (κ1) is 11.8. The number of rotatable bonds is 3. The van der Waals surface area contributed by atoms with Crippen LogP contribution in [0.2, 0.25) is 0 Å². The molecule has 2 rings (SSSR count). The lowest BCUT2D eigenvalue weighted by Gasteiger charge is -2.14. The van der Waals surface area contributed by atoms with E-state index in [4.69, 9.17) is 5.73 Å². The molecule has 2 aromatic carbocycles. The van der Waals surface area contributed by atoms with Crippen molar-refractivity contribution in [1.29, 1.82) is 0 Å². The number of ketones is 1. The third-order valence-electron chi connectivity index (χ3n) is 3.05. The van der Waals surface area contributed by atoms with Gasteiger partial charge in [0.2, 0.25) is 0 Å². The highest BCUT2D eigenvalue weighted by Crippen LogP contribution is 2.17. The van der Waals surface area contributed by atoms with Gasteiger partial charge in [-0.2, -0.15) is 0 Å². The zero-order valence-electron chi connectivity index (χ0n) is 10.2. The van der Waals surface area contributed by atoms with Gasteiger partial charge in [-0.3, -0.25) is 4.79 Å². The summed E-state index contributed by atoms with van der Waals surface area (Å²) in [7, 11) is 0. The molecule has 2 aromatic rings. The number of hydrogen-bond acceptors (Lipinski definition) is 2. The van der Waals surface area contributed by atoms with Gasteiger partial charge < -0.3 is 5.73 Å². The fourth-order valence-electron chi connectivity index (χ4n) is 1.84. The minimum absolute atomic E-state index is 0.0192. The molecule has 0 bridgehead atoms. The van der Waals surface area contributed by atoms with Crippen molar-refractivity contribution in [2.24, 2.45) is 11.7 Å². The van der Waals surface area contributed by atoms with E-state index in [9.17, 15) is 4.79 Å². The molecule has 0 amide bonds. The molecule has 0 saturated heterocycles. The maximum absolute atomic E-state index is 12.1. The van der Waals surface area contributed by atoms with Crippen LogP contribution in [0.4, 0.5) is 0 Å². The molecule has 2 N–H and O–H groups in total. The van der Waals surface area contributed by atoms with E-state index in [1.807, 2.05) is 56.3 Å². The Hall–Kier alpha value is -1.67. The van der Waals surface area contributed by atoms with Crippen molar-refractivity contribution < 1.29 is 4.79 Å². The van der Waals surface area contributed by atoms with Gasteiger partial charge in [0.25, 0.3) is 0 Å². The second-order valence-electron chi connectivity index (χ2n) is 4.70. The quantitative estimate of drug-likeness (QED) is 0.819. The lowest BCUT2D eigenvalue weighted by atomic mass is 9.94. The van der Waals surface area contributed by atoms with Crippen molar-refractivity contribution in [1.82, 2.24) is 0 Å². The van der Waals surface area contributed by atoms with Crippen LogP contribution < -0.4 is 5.73 Å². The maximum Gasteiger partial charge on any atom is 0.179 e. The molecule has 2 nitrogen and oxygen atoms in total. The molecular formula is C15H17NO. The molecule has 17 heavy (non-hydrogen) atoms. The monoisotopic (exact) mass is 227 g/mol. The van der Waals surface area contributed by atoms with E-state index in [2.05, 4.69) is 0 Å². The smallest absolute Gasteiger partial charge is 0.179 e. The van der Waals surface area contributed by atoms with Crippen molar-refractivity contribution in [3.8, 4) is 0 Å². The fourth-order valence-corrected chi connectivity index (χ4v) is 1.84. The van der Waals surface area contributed by atoms with Gasteiger partial charge >= 0.3 is 0 Å². The van der Waals surface area contributed by atoms with E-state index < -0.39 is 6.04 Å². The van der Waals surface area contributed by atoms with Crippen LogP contribution in [-0.2, 0) is 0 Å². The highest BCUT2D eigenvalue weighted by atomic mass is 16.1. The lowest BCUT2D eigenvalue weighted by molar-refractivity contribution is 0.0940. The third kappa shape index (κ3) is 2.37. The number of hydrogen-bond donors (Lipinski definition) is 1. The average Bonchev–Trinajstić information content (AvgIpc) is 2.36. The van der Waals surface area contributed by atoms with E-state index in [1.165, 1.54) is 0 Å². The first-order valence-corrected chi connectivity index (χ1v) is 5.88. The largest absolute Gasteiger partial charge is 0.321 e. The topological polar surface area (TPSA) is 43.1 Å². The Morgan fingerprint density at radius 3 is 2.35 bits per heavy atom. The van der Waals surface area contributed by atoms with Crippen molar-refractivity contribution in [2.75, 3.05) is 0 Å². The van der Waals surface area contributed by atoms with Gasteiger partial charge in [-0.25, -0.2) is 0 Å². The van der Waals surface area contributed by atoms with Crippen LogP contribution in [0.25, 0.3) is 10.8 Å². The predicted octanol–water partition coefficient (Wildman–Crippen LogP) is 3.01. The molecule has 0 heterocycles. The molecule has 0 aliphatic carbocycles. The molecule has 0 fully saturated rings. The van der Waals surface area contributed by atoms with E-state index in [1.54, 1.807) is 0 Å². The van der Waals surface area contributed by atoms with E-state index >= 15 is 0 Å². The van der Waals surface area contributed by atoms with Crippen molar-refractivity contribution in [2.45, 2.75) is 19.9 Å². The molecule has 0 radical (unpaired) electrons. The molecule has 0 aliphatic heterocycles. The molecule has 0 aliphatic rings. The summed E-state index contributed by atoms with van der Waals surface area (Å²) in [6.07, 6.45) is 0. The molecule has 0 saturated carbocycles. The normalized spacial score (nSPS) is 12.9. The second-order valence-corrected chi connectivity index (χ2v) is 4.70. The molecule has 2 heteroatoms. The van der Waals surface area contributed by atoms with Gasteiger partial charge in [0, 0.05) is 5.56 Å². The molecule has 0 unspecified atom stereocenters. The summed E-state index contributed by atoms with van der Waals surface area (Å²) in [6.45, 7) is 3.92. The van der Waals surface area contributed by atoms with Crippen LogP contribution >= 0.6 is 0 Å². The zero-order valence-corrected chi connectivity index (χ0v) is 10.2. The third-order valence-corrected chi connectivity index (χ3v) is 3.05. The number of carbonyl (C=O) groups excluding carboxylic acids is 1. The van der Waals surface area contributed by atoms with Gasteiger partial charge in [-0.1, -0.05) is 50.2 Å². The van der Waals surface area contributed by atoms with Crippen LogP contribution in [0, 0.1) is 5.92 Å². The predicted molar refractivity (Wildman–Crippen MR) is 71.1 cm³/mol. The number of Topliss-reactive ketones (excluding diaryl/α,β-unsaturated/α-hetero) is 1. The first-order valence-electron chi connectivity index (χ1n) is 5.88. The second kappa shape index (κ2) is 4.68. The molecule has 1 atom stereocenters. The van der Waals surface area contributed by atoms with Crippen LogP contribution in [-0.4, -0.2) is 11.8 Å². The van der Waals surface area contributed by atoms with Gasteiger partial charge in [0.05, 0.1) is 6.04 Å². The first-order chi connectivity index (χ1) is 8.09. The van der Waals surface area contributed by atoms with Crippen LogP contribution in [0.3, 0.4) is 0 Å². The Labute approximate surface area is 101 Å². The van der Waals surface area contributed by atoms with Crippen molar-refractivity contribution in [3.05, 3.63) is 48.0 Å². The molecule has 88 valence electrons. The molecule has 0 aromatic heterocycles. The summed E-state index contributed by atoms with van der Waals surface area (Å²) in [5, 5.41) is 2.22. The lowest BCUT2D eigenvalue weighted by Crippen LogP contribution is -2.35. The standard InChI is InChI=1S/C15H17NO/c1-10(2)14(16)15(17)13-8-7-11-5-3-4-6-12(11)9-13/h3-10,14H,16H2,1-2H3/t14-/m1/s1. The maximum atomic E-state index is 12.1. The SMILES string of the molecule is CC(C)[C@@H](N)C(=O)c1ccc2ccccc2c1. The summed E-state index contributed by atoms with van der Waals surface area (Å²) < 4.78 is 0. The minimum atomic E-state index is -0.420. The minimum Gasteiger partial charge on any atom is -0.321 e. The van der Waals surface area contributed by atoms with Crippen LogP contribution in [0.1, 0.15) is 24.2 Å². The number of nitrogens with two attached hydrogens (primary N) is 1. The Morgan fingerprint density at radius 2 is 1.71 bits per heavy atom. The van der Waals surface area contributed by atoms with Crippen LogP contribution in [0.15, 0.2) is 42.5 Å². The van der Waals surface area contributed by atoms with Crippen molar-refractivity contribution >= 4 is 16.6 Å². The van der Waals surface area contributed by atoms with E-state index in [0.29, 0.717) is 5.56 Å². The number of benzene rings is 2. The Morgan fingerprint density at radius 1 is 1.06 bits per heavy atom. The average molecular weight is 227 g/mol.